The van der Waals surface area contributed by atoms with Crippen LogP contribution in [0.3, 0.4) is 0 Å². The molecule has 0 bridgehead atoms. The van der Waals surface area contributed by atoms with Gasteiger partial charge in [0.1, 0.15) is 6.04 Å². The van der Waals surface area contributed by atoms with Crippen molar-refractivity contribution < 1.29 is 37.5 Å². The summed E-state index contributed by atoms with van der Waals surface area (Å²) in [5.74, 6) is -7.94. The van der Waals surface area contributed by atoms with Gasteiger partial charge in [-0.1, -0.05) is 73.7 Å². The number of alkyl carbamates (subject to hydrolysis) is 1. The first-order valence-corrected chi connectivity index (χ1v) is 16.2. The molecule has 1 saturated carbocycles. The molecule has 4 N–H and O–H groups in total. The number of ether oxygens (including phenoxy) is 1. The van der Waals surface area contributed by atoms with Crippen LogP contribution in [0.4, 0.5) is 13.6 Å². The summed E-state index contributed by atoms with van der Waals surface area (Å²) in [6.07, 6.45) is 7.55. The van der Waals surface area contributed by atoms with Gasteiger partial charge in [0.25, 0.3) is 5.91 Å². The van der Waals surface area contributed by atoms with Crippen LogP contribution in [0.1, 0.15) is 63.9 Å². The molecule has 1 heterocycles. The summed E-state index contributed by atoms with van der Waals surface area (Å²) < 4.78 is 37.4. The van der Waals surface area contributed by atoms with E-state index in [9.17, 15) is 24.0 Å². The van der Waals surface area contributed by atoms with Crippen LogP contribution >= 0.6 is 11.6 Å². The summed E-state index contributed by atoms with van der Waals surface area (Å²) in [7, 11) is 0. The van der Waals surface area contributed by atoms with Crippen LogP contribution in [0.25, 0.3) is 0 Å². The van der Waals surface area contributed by atoms with Crippen LogP contribution < -0.4 is 21.3 Å². The standard InChI is InChI=1S/C33H41ClF2N4O6/c1-2-37-31(44)27(41)25(18-22-15-16-38-29(22)42)39-30(43)26(17-20-9-6-7-10-20)40-32(45)46-28(21-11-4-3-5-12-21)33(35,36)23-13-8-14-24(34)19-23/h3-5,8,11,13-14,19-22,25-26,28H,2,6-7,9-10,12,15-18H2,1H3,(H,37,44)(H,38,42)(H,39,43)(H,40,45)/t21?,22?,25-,26-,28?/m0/s1. The number of carbonyl (C=O) groups excluding carboxylic acids is 5. The lowest BCUT2D eigenvalue weighted by atomic mass is 9.88. The predicted octanol–water partition coefficient (Wildman–Crippen LogP) is 4.32. The van der Waals surface area contributed by atoms with Gasteiger partial charge < -0.3 is 26.0 Å². The van der Waals surface area contributed by atoms with Crippen LogP contribution in [0, 0.1) is 17.8 Å². The first-order chi connectivity index (χ1) is 22.0. The second-order valence-corrected chi connectivity index (χ2v) is 12.5. The molecule has 0 aromatic heterocycles. The zero-order valence-electron chi connectivity index (χ0n) is 25.7. The third-order valence-corrected chi connectivity index (χ3v) is 8.97. The van der Waals surface area contributed by atoms with E-state index in [1.54, 1.807) is 25.2 Å². The zero-order chi connectivity index (χ0) is 33.3. The van der Waals surface area contributed by atoms with E-state index in [-0.39, 0.29) is 42.7 Å². The van der Waals surface area contributed by atoms with Crippen molar-refractivity contribution in [3.8, 4) is 0 Å². The number of benzene rings is 1. The molecule has 10 nitrogen and oxygen atoms in total. The Morgan fingerprint density at radius 3 is 2.46 bits per heavy atom. The summed E-state index contributed by atoms with van der Waals surface area (Å²) in [5, 5.41) is 10.3. The number of nitrogens with one attached hydrogen (secondary N) is 4. The lowest BCUT2D eigenvalue weighted by Gasteiger charge is -2.33. The predicted molar refractivity (Wildman–Crippen MR) is 167 cm³/mol. The number of rotatable bonds is 14. The quantitative estimate of drug-likeness (QED) is 0.219. The van der Waals surface area contributed by atoms with E-state index in [1.165, 1.54) is 24.3 Å². The fraction of sp³-hybridized carbons (Fsp3) is 0.545. The van der Waals surface area contributed by atoms with E-state index in [0.29, 0.717) is 13.0 Å². The molecule has 46 heavy (non-hydrogen) atoms. The Hall–Kier alpha value is -3.80. The topological polar surface area (TPSA) is 143 Å². The molecule has 4 amide bonds. The molecule has 250 valence electrons. The number of halogens is 3. The minimum Gasteiger partial charge on any atom is -0.439 e. The van der Waals surface area contributed by atoms with Crippen LogP contribution in [0.5, 0.6) is 0 Å². The van der Waals surface area contributed by atoms with Gasteiger partial charge in [0, 0.05) is 35.5 Å². The number of likely N-dealkylation sites (N-methyl/N-ethyl adjacent to an activating group) is 1. The molecule has 2 aliphatic carbocycles. The summed E-state index contributed by atoms with van der Waals surface area (Å²) >= 11 is 6.00. The molecular formula is C33H41ClF2N4O6. The average molecular weight is 663 g/mol. The minimum absolute atomic E-state index is 0.0596. The molecule has 13 heteroatoms. The Balaban J connectivity index is 1.55. The first-order valence-electron chi connectivity index (χ1n) is 15.8. The van der Waals surface area contributed by atoms with Gasteiger partial charge in [-0.3, -0.25) is 19.2 Å². The van der Waals surface area contributed by atoms with Crippen molar-refractivity contribution in [1.29, 1.82) is 0 Å². The highest BCUT2D eigenvalue weighted by Gasteiger charge is 2.48. The summed E-state index contributed by atoms with van der Waals surface area (Å²) in [6, 6.07) is 2.58. The Labute approximate surface area is 272 Å². The molecule has 1 aliphatic heterocycles. The van der Waals surface area contributed by atoms with Crippen molar-refractivity contribution >= 4 is 41.2 Å². The Kier molecular flexibility index (Phi) is 12.3. The van der Waals surface area contributed by atoms with Crippen LogP contribution in [-0.4, -0.2) is 60.9 Å². The highest BCUT2D eigenvalue weighted by atomic mass is 35.5. The smallest absolute Gasteiger partial charge is 0.408 e. The minimum atomic E-state index is -3.64. The monoisotopic (exact) mass is 662 g/mol. The molecule has 0 radical (unpaired) electrons. The van der Waals surface area contributed by atoms with Gasteiger partial charge in [-0.2, -0.15) is 8.78 Å². The van der Waals surface area contributed by atoms with Gasteiger partial charge in [-0.25, -0.2) is 4.79 Å². The summed E-state index contributed by atoms with van der Waals surface area (Å²) in [4.78, 5) is 64.9. The van der Waals surface area contributed by atoms with Crippen molar-refractivity contribution in [3.05, 3.63) is 59.2 Å². The van der Waals surface area contributed by atoms with Gasteiger partial charge in [0.2, 0.25) is 17.6 Å². The third kappa shape index (κ3) is 9.14. The second kappa shape index (κ2) is 16.2. The number of hydrogen-bond acceptors (Lipinski definition) is 6. The van der Waals surface area contributed by atoms with Crippen molar-refractivity contribution in [2.75, 3.05) is 13.1 Å². The maximum absolute atomic E-state index is 16.0. The van der Waals surface area contributed by atoms with Gasteiger partial charge in [0.15, 0.2) is 6.10 Å². The van der Waals surface area contributed by atoms with Crippen molar-refractivity contribution in [2.45, 2.75) is 82.4 Å². The highest BCUT2D eigenvalue weighted by Crippen LogP contribution is 2.40. The number of carbonyl (C=O) groups is 5. The number of allylic oxidation sites excluding steroid dienone is 3. The number of Topliss-reactive ketones (excluding diaryl/α,β-unsaturated/α-hetero) is 1. The molecule has 3 unspecified atom stereocenters. The second-order valence-electron chi connectivity index (χ2n) is 12.1. The molecule has 0 spiro atoms. The van der Waals surface area contributed by atoms with Crippen molar-refractivity contribution in [3.63, 3.8) is 0 Å². The summed E-state index contributed by atoms with van der Waals surface area (Å²) in [5.41, 5.74) is -0.427. The molecule has 2 fully saturated rings. The van der Waals surface area contributed by atoms with E-state index < -0.39 is 65.2 Å². The van der Waals surface area contributed by atoms with E-state index in [4.69, 9.17) is 16.3 Å². The number of alkyl halides is 2. The Morgan fingerprint density at radius 1 is 1.07 bits per heavy atom. The van der Waals surface area contributed by atoms with Crippen LogP contribution in [0.15, 0.2) is 48.6 Å². The van der Waals surface area contributed by atoms with Gasteiger partial charge >= 0.3 is 12.0 Å². The molecule has 1 saturated heterocycles. The third-order valence-electron chi connectivity index (χ3n) is 8.73. The highest BCUT2D eigenvalue weighted by molar-refractivity contribution is 6.38. The van der Waals surface area contributed by atoms with Gasteiger partial charge in [-0.05, 0) is 50.7 Å². The maximum atomic E-state index is 16.0. The maximum Gasteiger partial charge on any atom is 0.408 e. The zero-order valence-corrected chi connectivity index (χ0v) is 26.5. The lowest BCUT2D eigenvalue weighted by molar-refractivity contribution is -0.141. The fourth-order valence-electron chi connectivity index (χ4n) is 6.28. The largest absolute Gasteiger partial charge is 0.439 e. The Morgan fingerprint density at radius 2 is 1.83 bits per heavy atom. The molecule has 5 atom stereocenters. The van der Waals surface area contributed by atoms with E-state index in [0.717, 1.165) is 31.7 Å². The average Bonchev–Trinajstić information content (AvgIpc) is 3.70. The molecule has 1 aromatic carbocycles. The molecular weight excluding hydrogens is 622 g/mol. The lowest BCUT2D eigenvalue weighted by Crippen LogP contribution is -2.55. The van der Waals surface area contributed by atoms with Crippen LogP contribution in [0.2, 0.25) is 5.02 Å². The number of amides is 4. The first kappa shape index (κ1) is 35.1. The number of ketones is 1. The van der Waals surface area contributed by atoms with Crippen molar-refractivity contribution in [1.82, 2.24) is 21.3 Å². The van der Waals surface area contributed by atoms with Crippen molar-refractivity contribution in [2.24, 2.45) is 17.8 Å². The molecule has 3 aliphatic rings. The normalized spacial score (nSPS) is 21.6. The SMILES string of the molecule is CCNC(=O)C(=O)[C@H](CC1CCNC1=O)NC(=O)[C@H](CC1CCCC1)NC(=O)OC(C1C=CC=CC1)C(F)(F)c1cccc(Cl)c1. The van der Waals surface area contributed by atoms with E-state index in [1.807, 2.05) is 0 Å². The fourth-order valence-corrected chi connectivity index (χ4v) is 6.47. The molecule has 1 aromatic rings. The van der Waals surface area contributed by atoms with E-state index in [2.05, 4.69) is 21.3 Å². The van der Waals surface area contributed by atoms with Crippen LogP contribution in [-0.2, 0) is 29.8 Å². The van der Waals surface area contributed by atoms with Gasteiger partial charge in [-0.15, -0.1) is 0 Å². The Bertz CT molecular complexity index is 1350. The summed E-state index contributed by atoms with van der Waals surface area (Å²) in [6.45, 7) is 2.23. The van der Waals surface area contributed by atoms with Gasteiger partial charge in [0.05, 0.1) is 6.04 Å². The van der Waals surface area contributed by atoms with E-state index >= 15 is 8.78 Å². The molecule has 4 rings (SSSR count). The number of hydrogen-bond donors (Lipinski definition) is 4.